The first-order valence-electron chi connectivity index (χ1n) is 5.23. The maximum absolute atomic E-state index is 12.9. The van der Waals surface area contributed by atoms with E-state index < -0.39 is 0 Å². The third-order valence-corrected chi connectivity index (χ3v) is 2.70. The molecule has 1 atom stereocenters. The molecule has 0 N–H and O–H groups in total. The minimum absolute atomic E-state index is 0.187. The highest BCUT2D eigenvalue weighted by Crippen LogP contribution is 2.29. The topological polar surface area (TPSA) is 18.5 Å². The van der Waals surface area contributed by atoms with Gasteiger partial charge >= 0.3 is 0 Å². The van der Waals surface area contributed by atoms with Crippen LogP contribution in [-0.2, 0) is 11.2 Å². The lowest BCUT2D eigenvalue weighted by Gasteiger charge is -2.25. The summed E-state index contributed by atoms with van der Waals surface area (Å²) in [6.45, 7) is 0.710. The molecule has 1 aliphatic heterocycles. The molecule has 1 aromatic rings. The Morgan fingerprint density at radius 3 is 3.20 bits per heavy atom. The number of aryl methyl sites for hydroxylation is 1. The van der Waals surface area contributed by atoms with Crippen LogP contribution in [0.25, 0.3) is 0 Å². The Balaban J connectivity index is 2.03. The van der Waals surface area contributed by atoms with E-state index in [9.17, 15) is 4.39 Å². The van der Waals surface area contributed by atoms with Crippen LogP contribution in [0.1, 0.15) is 18.4 Å². The van der Waals surface area contributed by atoms with Gasteiger partial charge in [0.1, 0.15) is 17.7 Å². The van der Waals surface area contributed by atoms with Crippen LogP contribution in [0.15, 0.2) is 18.2 Å². The lowest BCUT2D eigenvalue weighted by Crippen LogP contribution is -2.24. The van der Waals surface area contributed by atoms with E-state index in [0.29, 0.717) is 6.61 Å². The van der Waals surface area contributed by atoms with Crippen LogP contribution in [0.2, 0.25) is 0 Å². The summed E-state index contributed by atoms with van der Waals surface area (Å²) in [4.78, 5) is 0. The zero-order valence-electron chi connectivity index (χ0n) is 8.83. The Morgan fingerprint density at radius 1 is 1.53 bits per heavy atom. The van der Waals surface area contributed by atoms with Crippen molar-refractivity contribution in [1.82, 2.24) is 0 Å². The maximum Gasteiger partial charge on any atom is 0.123 e. The third kappa shape index (κ3) is 2.48. The van der Waals surface area contributed by atoms with Crippen molar-refractivity contribution < 1.29 is 13.9 Å². The molecule has 0 aromatic heterocycles. The van der Waals surface area contributed by atoms with Crippen LogP contribution < -0.4 is 4.74 Å². The third-order valence-electron chi connectivity index (χ3n) is 2.70. The SMILES string of the molecule is COCCC1CCc2cc(F)ccc2O1. The Kier molecular flexibility index (Phi) is 3.21. The van der Waals surface area contributed by atoms with Crippen molar-refractivity contribution in [2.24, 2.45) is 0 Å². The minimum Gasteiger partial charge on any atom is -0.490 e. The Morgan fingerprint density at radius 2 is 2.40 bits per heavy atom. The van der Waals surface area contributed by atoms with Gasteiger partial charge in [0, 0.05) is 20.1 Å². The Bertz CT molecular complexity index is 338. The molecule has 2 nitrogen and oxygen atoms in total. The molecular formula is C12H15FO2. The van der Waals surface area contributed by atoms with Gasteiger partial charge in [0.25, 0.3) is 0 Å². The summed E-state index contributed by atoms with van der Waals surface area (Å²) in [5.41, 5.74) is 0.976. The van der Waals surface area contributed by atoms with Crippen LogP contribution in [0.3, 0.4) is 0 Å². The largest absolute Gasteiger partial charge is 0.490 e. The van der Waals surface area contributed by atoms with Gasteiger partial charge in [-0.25, -0.2) is 4.39 Å². The second-order valence-electron chi connectivity index (χ2n) is 3.81. The van der Waals surface area contributed by atoms with Crippen molar-refractivity contribution >= 4 is 0 Å². The molecular weight excluding hydrogens is 195 g/mol. The van der Waals surface area contributed by atoms with Crippen molar-refractivity contribution in [2.75, 3.05) is 13.7 Å². The molecule has 1 aliphatic rings. The van der Waals surface area contributed by atoms with Gasteiger partial charge in [-0.15, -0.1) is 0 Å². The molecule has 0 bridgehead atoms. The van der Waals surface area contributed by atoms with Gasteiger partial charge in [-0.1, -0.05) is 0 Å². The number of fused-ring (bicyclic) bond motifs is 1. The molecule has 0 amide bonds. The van der Waals surface area contributed by atoms with Crippen molar-refractivity contribution in [2.45, 2.75) is 25.4 Å². The Hall–Kier alpha value is -1.09. The number of halogens is 1. The second kappa shape index (κ2) is 4.62. The van der Waals surface area contributed by atoms with E-state index in [1.54, 1.807) is 19.2 Å². The molecule has 0 saturated carbocycles. The zero-order chi connectivity index (χ0) is 10.7. The molecule has 82 valence electrons. The maximum atomic E-state index is 12.9. The average molecular weight is 210 g/mol. The molecule has 1 aromatic carbocycles. The minimum atomic E-state index is -0.187. The predicted molar refractivity (Wildman–Crippen MR) is 55.6 cm³/mol. The predicted octanol–water partition coefficient (Wildman–Crippen LogP) is 2.56. The number of rotatable bonds is 3. The van der Waals surface area contributed by atoms with E-state index in [0.717, 1.165) is 30.6 Å². The molecule has 15 heavy (non-hydrogen) atoms. The fraction of sp³-hybridized carbons (Fsp3) is 0.500. The van der Waals surface area contributed by atoms with Crippen molar-refractivity contribution in [3.63, 3.8) is 0 Å². The summed E-state index contributed by atoms with van der Waals surface area (Å²) in [7, 11) is 1.69. The molecule has 0 fully saturated rings. The molecule has 2 rings (SSSR count). The summed E-state index contributed by atoms with van der Waals surface area (Å²) in [6.07, 6.45) is 2.94. The summed E-state index contributed by atoms with van der Waals surface area (Å²) in [6, 6.07) is 4.71. The zero-order valence-corrected chi connectivity index (χ0v) is 8.83. The van der Waals surface area contributed by atoms with Gasteiger partial charge < -0.3 is 9.47 Å². The van der Waals surface area contributed by atoms with Crippen molar-refractivity contribution in [1.29, 1.82) is 0 Å². The fourth-order valence-corrected chi connectivity index (χ4v) is 1.87. The van der Waals surface area contributed by atoms with Crippen LogP contribution in [0.5, 0.6) is 5.75 Å². The van der Waals surface area contributed by atoms with E-state index >= 15 is 0 Å². The van der Waals surface area contributed by atoms with Crippen molar-refractivity contribution in [3.8, 4) is 5.75 Å². The van der Waals surface area contributed by atoms with Gasteiger partial charge in [0.05, 0.1) is 0 Å². The highest BCUT2D eigenvalue weighted by atomic mass is 19.1. The molecule has 1 heterocycles. The first-order valence-corrected chi connectivity index (χ1v) is 5.23. The van der Waals surface area contributed by atoms with E-state index in [1.807, 2.05) is 0 Å². The normalized spacial score (nSPS) is 19.5. The van der Waals surface area contributed by atoms with Gasteiger partial charge in [0.2, 0.25) is 0 Å². The summed E-state index contributed by atoms with van der Waals surface area (Å²) in [5, 5.41) is 0. The van der Waals surface area contributed by atoms with Gasteiger partial charge in [0.15, 0.2) is 0 Å². The monoisotopic (exact) mass is 210 g/mol. The van der Waals surface area contributed by atoms with Gasteiger partial charge in [-0.2, -0.15) is 0 Å². The Labute approximate surface area is 89.0 Å². The van der Waals surface area contributed by atoms with E-state index in [1.165, 1.54) is 6.07 Å². The van der Waals surface area contributed by atoms with Crippen LogP contribution in [-0.4, -0.2) is 19.8 Å². The van der Waals surface area contributed by atoms with Crippen LogP contribution in [0, 0.1) is 5.82 Å². The van der Waals surface area contributed by atoms with Crippen LogP contribution in [0.4, 0.5) is 4.39 Å². The van der Waals surface area contributed by atoms with E-state index in [-0.39, 0.29) is 11.9 Å². The smallest absolute Gasteiger partial charge is 0.123 e. The van der Waals surface area contributed by atoms with E-state index in [4.69, 9.17) is 9.47 Å². The lowest BCUT2D eigenvalue weighted by molar-refractivity contribution is 0.111. The first kappa shape index (κ1) is 10.4. The lowest BCUT2D eigenvalue weighted by atomic mass is 10.0. The first-order chi connectivity index (χ1) is 7.29. The van der Waals surface area contributed by atoms with Crippen molar-refractivity contribution in [3.05, 3.63) is 29.6 Å². The quantitative estimate of drug-likeness (QED) is 0.763. The summed E-state index contributed by atoms with van der Waals surface area (Å²) >= 11 is 0. The highest BCUT2D eigenvalue weighted by Gasteiger charge is 2.19. The molecule has 0 aliphatic carbocycles. The standard InChI is InChI=1S/C12H15FO2/c1-14-7-6-11-4-2-9-8-10(13)3-5-12(9)15-11/h3,5,8,11H,2,4,6-7H2,1H3. The molecule has 0 spiro atoms. The average Bonchev–Trinajstić information content (AvgIpc) is 2.26. The molecule has 1 unspecified atom stereocenters. The second-order valence-corrected chi connectivity index (χ2v) is 3.81. The fourth-order valence-electron chi connectivity index (χ4n) is 1.87. The number of ether oxygens (including phenoxy) is 2. The highest BCUT2D eigenvalue weighted by molar-refractivity contribution is 5.35. The molecule has 3 heteroatoms. The number of hydrogen-bond donors (Lipinski definition) is 0. The number of hydrogen-bond acceptors (Lipinski definition) is 2. The van der Waals surface area contributed by atoms with Gasteiger partial charge in [-0.05, 0) is 36.6 Å². The molecule has 0 saturated heterocycles. The van der Waals surface area contributed by atoms with Gasteiger partial charge in [-0.3, -0.25) is 0 Å². The van der Waals surface area contributed by atoms with E-state index in [2.05, 4.69) is 0 Å². The summed E-state index contributed by atoms with van der Waals surface area (Å²) in [5.74, 6) is 0.636. The van der Waals surface area contributed by atoms with Crippen LogP contribution >= 0.6 is 0 Å². The number of benzene rings is 1. The molecule has 0 radical (unpaired) electrons. The summed E-state index contributed by atoms with van der Waals surface area (Å²) < 4.78 is 23.7. The number of methoxy groups -OCH3 is 1.